The van der Waals surface area contributed by atoms with Gasteiger partial charge in [0.05, 0.1) is 18.8 Å². The second-order valence-electron chi connectivity index (χ2n) is 5.05. The molecule has 0 aromatic carbocycles. The molecule has 1 atom stereocenters. The number of pyridine rings is 1. The second kappa shape index (κ2) is 5.82. The Balaban J connectivity index is 2.16. The van der Waals surface area contributed by atoms with Gasteiger partial charge in [-0.1, -0.05) is 0 Å². The summed E-state index contributed by atoms with van der Waals surface area (Å²) in [6, 6.07) is 3.63. The molecule has 1 N–H and O–H groups in total. The summed E-state index contributed by atoms with van der Waals surface area (Å²) in [4.78, 5) is 4.36. The van der Waals surface area contributed by atoms with Crippen LogP contribution in [0, 0.1) is 5.92 Å². The van der Waals surface area contributed by atoms with E-state index in [0.29, 0.717) is 18.6 Å². The predicted octanol–water partition coefficient (Wildman–Crippen LogP) is 3.18. The minimum Gasteiger partial charge on any atom is -0.495 e. The van der Waals surface area contributed by atoms with Crippen molar-refractivity contribution in [2.45, 2.75) is 37.6 Å². The zero-order valence-corrected chi connectivity index (χ0v) is 11.3. The Hall–Kier alpha value is -1.23. The Bertz CT molecular complexity index is 416. The van der Waals surface area contributed by atoms with E-state index in [1.165, 1.54) is 0 Å². The van der Waals surface area contributed by atoms with E-state index >= 15 is 0 Å². The average molecular weight is 270 g/mol. The Labute approximate surface area is 112 Å². The zero-order chi connectivity index (χ0) is 13.9. The highest BCUT2D eigenvalue weighted by Gasteiger charge is 2.38. The van der Waals surface area contributed by atoms with Crippen molar-refractivity contribution >= 4 is 0 Å². The molecule has 0 saturated heterocycles. The van der Waals surface area contributed by atoms with Crippen molar-refractivity contribution in [1.29, 1.82) is 0 Å². The number of aromatic nitrogens is 1. The molecule has 1 fully saturated rings. The molecule has 1 saturated carbocycles. The van der Waals surface area contributed by atoms with Crippen LogP contribution in [0.2, 0.25) is 0 Å². The lowest BCUT2D eigenvalue weighted by Crippen LogP contribution is -2.33. The first-order chi connectivity index (χ1) is 9.07. The van der Waals surface area contributed by atoms with Crippen molar-refractivity contribution in [1.82, 2.24) is 10.3 Å². The number of nitrogens with zero attached hydrogens (tertiary/aromatic N) is 1. The van der Waals surface area contributed by atoms with Crippen molar-refractivity contribution in [2.75, 3.05) is 14.2 Å². The van der Waals surface area contributed by atoms with Crippen molar-refractivity contribution in [2.24, 2.45) is 5.92 Å². The Morgan fingerprint density at radius 3 is 2.68 bits per heavy atom. The number of ether oxygens (including phenoxy) is 1. The summed E-state index contributed by atoms with van der Waals surface area (Å²) < 4.78 is 31.8. The lowest BCUT2D eigenvalue weighted by Gasteiger charge is -2.33. The van der Waals surface area contributed by atoms with Gasteiger partial charge in [-0.25, -0.2) is 8.78 Å². The minimum atomic E-state index is -2.50. The van der Waals surface area contributed by atoms with E-state index in [9.17, 15) is 8.78 Å². The van der Waals surface area contributed by atoms with Crippen molar-refractivity contribution in [3.8, 4) is 5.75 Å². The van der Waals surface area contributed by atoms with Crippen LogP contribution in [0.4, 0.5) is 8.78 Å². The Morgan fingerprint density at radius 1 is 1.42 bits per heavy atom. The molecule has 19 heavy (non-hydrogen) atoms. The first kappa shape index (κ1) is 14.2. The van der Waals surface area contributed by atoms with E-state index in [0.717, 1.165) is 5.69 Å². The van der Waals surface area contributed by atoms with Gasteiger partial charge in [0.2, 0.25) is 5.92 Å². The number of alkyl halides is 2. The van der Waals surface area contributed by atoms with Gasteiger partial charge < -0.3 is 10.1 Å². The molecule has 2 rings (SSSR count). The topological polar surface area (TPSA) is 34.2 Å². The first-order valence-corrected chi connectivity index (χ1v) is 6.61. The molecule has 1 heterocycles. The van der Waals surface area contributed by atoms with E-state index in [1.807, 2.05) is 19.2 Å². The molecule has 0 radical (unpaired) electrons. The largest absolute Gasteiger partial charge is 0.495 e. The van der Waals surface area contributed by atoms with E-state index < -0.39 is 5.92 Å². The van der Waals surface area contributed by atoms with Crippen LogP contribution in [-0.4, -0.2) is 25.1 Å². The van der Waals surface area contributed by atoms with Crippen LogP contribution in [0.3, 0.4) is 0 Å². The van der Waals surface area contributed by atoms with Gasteiger partial charge in [-0.15, -0.1) is 0 Å². The molecular weight excluding hydrogens is 250 g/mol. The molecule has 0 bridgehead atoms. The highest BCUT2D eigenvalue weighted by Crippen LogP contribution is 2.42. The monoisotopic (exact) mass is 270 g/mol. The Morgan fingerprint density at radius 2 is 2.11 bits per heavy atom. The van der Waals surface area contributed by atoms with E-state index in [2.05, 4.69) is 10.3 Å². The summed E-state index contributed by atoms with van der Waals surface area (Å²) in [5.41, 5.74) is 0.808. The van der Waals surface area contributed by atoms with Crippen molar-refractivity contribution in [3.63, 3.8) is 0 Å². The van der Waals surface area contributed by atoms with Crippen LogP contribution in [-0.2, 0) is 0 Å². The third-order valence-corrected chi connectivity index (χ3v) is 3.86. The smallest absolute Gasteiger partial charge is 0.248 e. The highest BCUT2D eigenvalue weighted by molar-refractivity contribution is 5.30. The molecule has 1 aliphatic rings. The lowest BCUT2D eigenvalue weighted by atomic mass is 9.80. The SMILES string of the molecule is CNC(c1ncccc1OC)C1CCC(F)(F)CC1. The lowest BCUT2D eigenvalue weighted by molar-refractivity contribution is -0.0497. The van der Waals surface area contributed by atoms with Gasteiger partial charge in [-0.2, -0.15) is 0 Å². The second-order valence-corrected chi connectivity index (χ2v) is 5.05. The Kier molecular flexibility index (Phi) is 4.34. The molecule has 3 nitrogen and oxygen atoms in total. The van der Waals surface area contributed by atoms with E-state index in [1.54, 1.807) is 13.3 Å². The zero-order valence-electron chi connectivity index (χ0n) is 11.3. The highest BCUT2D eigenvalue weighted by atomic mass is 19.3. The van der Waals surface area contributed by atoms with Gasteiger partial charge in [0.25, 0.3) is 0 Å². The van der Waals surface area contributed by atoms with Gasteiger partial charge >= 0.3 is 0 Å². The van der Waals surface area contributed by atoms with E-state index in [4.69, 9.17) is 4.74 Å². The van der Waals surface area contributed by atoms with Gasteiger partial charge in [0, 0.05) is 19.0 Å². The van der Waals surface area contributed by atoms with Gasteiger partial charge in [-0.05, 0) is 37.9 Å². The molecule has 5 heteroatoms. The van der Waals surface area contributed by atoms with Crippen LogP contribution in [0.25, 0.3) is 0 Å². The fourth-order valence-corrected chi connectivity index (χ4v) is 2.80. The maximum absolute atomic E-state index is 13.2. The molecule has 0 aliphatic heterocycles. The molecule has 0 spiro atoms. The summed E-state index contributed by atoms with van der Waals surface area (Å²) >= 11 is 0. The summed E-state index contributed by atoms with van der Waals surface area (Å²) in [6.45, 7) is 0. The van der Waals surface area contributed by atoms with Crippen molar-refractivity contribution < 1.29 is 13.5 Å². The van der Waals surface area contributed by atoms with E-state index in [-0.39, 0.29) is 24.8 Å². The molecular formula is C14H20F2N2O. The first-order valence-electron chi connectivity index (χ1n) is 6.61. The summed E-state index contributed by atoms with van der Waals surface area (Å²) in [7, 11) is 3.44. The quantitative estimate of drug-likeness (QED) is 0.912. The fourth-order valence-electron chi connectivity index (χ4n) is 2.80. The average Bonchev–Trinajstić information content (AvgIpc) is 2.42. The molecule has 1 aromatic rings. The fraction of sp³-hybridized carbons (Fsp3) is 0.643. The number of rotatable bonds is 4. The summed E-state index contributed by atoms with van der Waals surface area (Å²) in [5, 5.41) is 3.20. The molecule has 1 aromatic heterocycles. The summed E-state index contributed by atoms with van der Waals surface area (Å²) in [5.74, 6) is -1.61. The number of hydrogen-bond acceptors (Lipinski definition) is 3. The van der Waals surface area contributed by atoms with Gasteiger partial charge in [0.15, 0.2) is 0 Å². The number of nitrogens with one attached hydrogen (secondary N) is 1. The van der Waals surface area contributed by atoms with Crippen LogP contribution < -0.4 is 10.1 Å². The molecule has 1 unspecified atom stereocenters. The minimum absolute atomic E-state index is 0.0350. The maximum Gasteiger partial charge on any atom is 0.248 e. The summed E-state index contributed by atoms with van der Waals surface area (Å²) in [6.07, 6.45) is 2.66. The number of halogens is 2. The third kappa shape index (κ3) is 3.21. The maximum atomic E-state index is 13.2. The number of methoxy groups -OCH3 is 1. The normalized spacial score (nSPS) is 21.1. The van der Waals surface area contributed by atoms with Gasteiger partial charge in [0.1, 0.15) is 5.75 Å². The van der Waals surface area contributed by atoms with Crippen LogP contribution >= 0.6 is 0 Å². The predicted molar refractivity (Wildman–Crippen MR) is 69.5 cm³/mol. The number of hydrogen-bond donors (Lipinski definition) is 1. The van der Waals surface area contributed by atoms with Gasteiger partial charge in [-0.3, -0.25) is 4.98 Å². The molecule has 106 valence electrons. The van der Waals surface area contributed by atoms with Crippen LogP contribution in [0.5, 0.6) is 5.75 Å². The third-order valence-electron chi connectivity index (χ3n) is 3.86. The standard InChI is InChI=1S/C14H20F2N2O/c1-17-12(10-5-7-14(15,16)8-6-10)13-11(19-2)4-3-9-18-13/h3-4,9-10,12,17H,5-8H2,1-2H3. The van der Waals surface area contributed by atoms with Crippen molar-refractivity contribution in [3.05, 3.63) is 24.0 Å². The van der Waals surface area contributed by atoms with Crippen LogP contribution in [0.15, 0.2) is 18.3 Å². The molecule has 0 amide bonds. The molecule has 1 aliphatic carbocycles. The van der Waals surface area contributed by atoms with Crippen LogP contribution in [0.1, 0.15) is 37.4 Å².